The van der Waals surface area contributed by atoms with Crippen molar-refractivity contribution in [3.05, 3.63) is 95.1 Å². The molecule has 38 heavy (non-hydrogen) atoms. The Bertz CT molecular complexity index is 1100. The molecule has 0 saturated carbocycles. The van der Waals surface area contributed by atoms with Gasteiger partial charge in [-0.1, -0.05) is 48.5 Å². The highest BCUT2D eigenvalue weighted by Crippen LogP contribution is 2.19. The minimum Gasteiger partial charge on any atom is -0.341 e. The van der Waals surface area contributed by atoms with Crippen LogP contribution in [0, 0.1) is 0 Å². The number of benzene rings is 4. The van der Waals surface area contributed by atoms with Crippen LogP contribution in [0.2, 0.25) is 0 Å². The molecule has 8 bridgehead atoms. The van der Waals surface area contributed by atoms with Crippen molar-refractivity contribution in [1.29, 1.82) is 0 Å². The summed E-state index contributed by atoms with van der Waals surface area (Å²) in [6, 6.07) is 27.6. The Morgan fingerprint density at radius 3 is 1.21 bits per heavy atom. The Hall–Kier alpha value is -2.84. The van der Waals surface area contributed by atoms with Gasteiger partial charge in [-0.2, -0.15) is 0 Å². The minimum atomic E-state index is 0.928. The topological polar surface area (TPSA) is 90.5 Å². The molecule has 0 spiro atoms. The predicted octanol–water partition coefficient (Wildman–Crippen LogP) is -0.860. The van der Waals surface area contributed by atoms with Gasteiger partial charge in [-0.15, -0.1) is 0 Å². The molecule has 8 aliphatic heterocycles. The van der Waals surface area contributed by atoms with Crippen LogP contribution in [0.1, 0.15) is 22.3 Å². The van der Waals surface area contributed by atoms with Crippen molar-refractivity contribution in [3.8, 4) is 0 Å². The van der Waals surface area contributed by atoms with Gasteiger partial charge >= 0.3 is 0 Å². The van der Waals surface area contributed by atoms with Crippen LogP contribution in [-0.2, 0) is 26.2 Å². The molecule has 0 amide bonds. The van der Waals surface area contributed by atoms with E-state index in [2.05, 4.69) is 105 Å². The minimum absolute atomic E-state index is 0.928. The summed E-state index contributed by atoms with van der Waals surface area (Å²) in [5.41, 5.74) is 5.54. The van der Waals surface area contributed by atoms with Crippen LogP contribution in [-0.4, -0.2) is 52.4 Å². The Morgan fingerprint density at radius 2 is 0.763 bits per heavy atom. The summed E-state index contributed by atoms with van der Waals surface area (Å²) in [7, 11) is 0. The first-order valence-corrected chi connectivity index (χ1v) is 14.5. The molecule has 12 rings (SSSR count). The lowest BCUT2D eigenvalue weighted by Gasteiger charge is -2.09. The molecule has 0 aromatic heterocycles. The maximum absolute atomic E-state index is 3.61. The average Bonchev–Trinajstić information content (AvgIpc) is 2.94. The summed E-state index contributed by atoms with van der Waals surface area (Å²) in [6.45, 7) is 12.8. The molecule has 4 aromatic carbocycles. The lowest BCUT2D eigenvalue weighted by Crippen LogP contribution is -2.94. The third-order valence-corrected chi connectivity index (χ3v) is 7.56. The number of rotatable bonds is 0. The Labute approximate surface area is 227 Å². The van der Waals surface area contributed by atoms with Crippen LogP contribution >= 0.6 is 0 Å². The van der Waals surface area contributed by atoms with Crippen LogP contribution < -0.4 is 31.9 Å². The van der Waals surface area contributed by atoms with Crippen molar-refractivity contribution in [2.24, 2.45) is 0 Å². The molecule has 8 heterocycles. The molecule has 10 N–H and O–H groups in total. The summed E-state index contributed by atoms with van der Waals surface area (Å²) in [5.74, 6) is 0. The van der Waals surface area contributed by atoms with Gasteiger partial charge in [-0.3, -0.25) is 0 Å². The first-order valence-electron chi connectivity index (χ1n) is 14.5. The van der Waals surface area contributed by atoms with E-state index in [1.54, 1.807) is 0 Å². The van der Waals surface area contributed by atoms with Crippen molar-refractivity contribution in [3.63, 3.8) is 0 Å². The smallest absolute Gasteiger partial charge is 0.125 e. The van der Waals surface area contributed by atoms with E-state index >= 15 is 0 Å². The number of hydrogen-bond donors (Lipinski definition) is 6. The highest BCUT2D eigenvalue weighted by Gasteiger charge is 2.04. The van der Waals surface area contributed by atoms with Crippen LogP contribution in [0.3, 0.4) is 0 Å². The Balaban J connectivity index is 1.15. The fourth-order valence-corrected chi connectivity index (χ4v) is 5.33. The molecule has 0 radical (unpaired) electrons. The molecule has 200 valence electrons. The molecule has 0 atom stereocenters. The highest BCUT2D eigenvalue weighted by molar-refractivity contribution is 5.84. The largest absolute Gasteiger partial charge is 0.341 e. The van der Waals surface area contributed by atoms with Crippen molar-refractivity contribution >= 4 is 21.5 Å². The van der Waals surface area contributed by atoms with Gasteiger partial charge < -0.3 is 31.9 Å². The number of quaternary nitrogens is 4. The van der Waals surface area contributed by atoms with Crippen LogP contribution in [0.4, 0.5) is 0 Å². The van der Waals surface area contributed by atoms with Gasteiger partial charge in [0, 0.05) is 37.3 Å². The zero-order chi connectivity index (χ0) is 25.8. The second-order valence-corrected chi connectivity index (χ2v) is 10.7. The van der Waals surface area contributed by atoms with Gasteiger partial charge in [0.05, 0.1) is 13.1 Å². The lowest BCUT2D eigenvalue weighted by molar-refractivity contribution is -0.730. The van der Waals surface area contributed by atoms with Gasteiger partial charge in [0.1, 0.15) is 39.3 Å². The van der Waals surface area contributed by atoms with Crippen LogP contribution in [0.15, 0.2) is 72.8 Å². The van der Waals surface area contributed by atoms with E-state index in [4.69, 9.17) is 0 Å². The van der Waals surface area contributed by atoms with Crippen molar-refractivity contribution in [1.82, 2.24) is 10.6 Å². The van der Waals surface area contributed by atoms with Crippen molar-refractivity contribution in [2.75, 3.05) is 52.4 Å². The first-order chi connectivity index (χ1) is 18.8. The van der Waals surface area contributed by atoms with E-state index in [-0.39, 0.29) is 0 Å². The van der Waals surface area contributed by atoms with E-state index in [1.807, 2.05) is 0 Å². The molecule has 0 aliphatic carbocycles. The average molecular weight is 515 g/mol. The SMILES string of the molecule is c1cc2cc3ccc2cc1CNCC[NH2+]CC[NH2+]Cc1ccc2cc(ccc2c1)C[NH2+]CC[NH2+]CCNC3. The van der Waals surface area contributed by atoms with Gasteiger partial charge in [-0.05, 0) is 56.9 Å². The normalized spacial score (nSPS) is 17.7. The number of hydrogen-bond acceptors (Lipinski definition) is 2. The molecule has 6 nitrogen and oxygen atoms in total. The van der Waals surface area contributed by atoms with Crippen LogP contribution in [0.5, 0.6) is 0 Å². The maximum atomic E-state index is 3.61. The van der Waals surface area contributed by atoms with Gasteiger partial charge in [-0.25, -0.2) is 0 Å². The monoisotopic (exact) mass is 514 g/mol. The predicted molar refractivity (Wildman–Crippen MR) is 156 cm³/mol. The number of nitrogens with one attached hydrogen (secondary N) is 2. The maximum Gasteiger partial charge on any atom is 0.125 e. The summed E-state index contributed by atoms with van der Waals surface area (Å²) in [5, 5.41) is 22.3. The molecule has 4 aromatic rings. The fraction of sp³-hybridized carbons (Fsp3) is 0.375. The zero-order valence-corrected chi connectivity index (χ0v) is 22.7. The van der Waals surface area contributed by atoms with E-state index < -0.39 is 0 Å². The highest BCUT2D eigenvalue weighted by atomic mass is 15.0. The van der Waals surface area contributed by atoms with Gasteiger partial charge in [0.25, 0.3) is 0 Å². The second-order valence-electron chi connectivity index (χ2n) is 10.7. The van der Waals surface area contributed by atoms with Crippen molar-refractivity contribution in [2.45, 2.75) is 26.2 Å². The summed E-state index contributed by atoms with van der Waals surface area (Å²) < 4.78 is 0. The number of nitrogens with two attached hydrogens (primary N) is 4. The van der Waals surface area contributed by atoms with E-state index in [1.165, 1.54) is 43.8 Å². The Morgan fingerprint density at radius 1 is 0.395 bits per heavy atom. The quantitative estimate of drug-likeness (QED) is 0.184. The summed E-state index contributed by atoms with van der Waals surface area (Å²) in [4.78, 5) is 0. The van der Waals surface area contributed by atoms with Gasteiger partial charge in [0.15, 0.2) is 0 Å². The van der Waals surface area contributed by atoms with E-state index in [0.717, 1.165) is 78.5 Å². The van der Waals surface area contributed by atoms with Gasteiger partial charge in [0.2, 0.25) is 0 Å². The summed E-state index contributed by atoms with van der Waals surface area (Å²) >= 11 is 0. The third kappa shape index (κ3) is 8.08. The first kappa shape index (κ1) is 26.8. The molecule has 0 saturated heterocycles. The standard InChI is InChI=1S/C32H42N6/c1-5-29-18-26-2-6-30(29)17-25(1)21-35-13-9-33-10-15-37-23-27-3-7-32-20-28(4-8-31(32)19-27)24-38-16-12-34-11-14-36-22-26/h1-8,17-20,33-38H,9-16,21-24H2/p+4. The van der Waals surface area contributed by atoms with E-state index in [9.17, 15) is 0 Å². The Kier molecular flexibility index (Phi) is 10.1. The molecule has 8 aliphatic rings. The molecule has 0 unspecified atom stereocenters. The molecular formula is C32H46N6+4. The van der Waals surface area contributed by atoms with E-state index in [0.29, 0.717) is 0 Å². The lowest BCUT2D eigenvalue weighted by atomic mass is 10.0. The van der Waals surface area contributed by atoms with Crippen LogP contribution in [0.25, 0.3) is 21.5 Å². The third-order valence-electron chi connectivity index (χ3n) is 7.56. The summed E-state index contributed by atoms with van der Waals surface area (Å²) in [6.07, 6.45) is 0. The van der Waals surface area contributed by atoms with Crippen molar-refractivity contribution < 1.29 is 21.3 Å². The fourth-order valence-electron chi connectivity index (χ4n) is 5.33. The molecular weight excluding hydrogens is 468 g/mol. The zero-order valence-electron chi connectivity index (χ0n) is 22.7. The molecule has 6 heteroatoms. The molecule has 0 fully saturated rings. The second kappa shape index (κ2) is 14.4.